The molecule has 3 atom stereocenters. The third kappa shape index (κ3) is 4.78. The first-order valence-electron chi connectivity index (χ1n) is 10.1. The summed E-state index contributed by atoms with van der Waals surface area (Å²) in [6.45, 7) is 8.92. The van der Waals surface area contributed by atoms with Crippen molar-refractivity contribution in [2.75, 3.05) is 39.3 Å². The average Bonchev–Trinajstić information content (AvgIpc) is 2.68. The summed E-state index contributed by atoms with van der Waals surface area (Å²) in [7, 11) is -3.90. The molecule has 0 unspecified atom stereocenters. The van der Waals surface area contributed by atoms with Crippen LogP contribution in [-0.4, -0.2) is 73.7 Å². The van der Waals surface area contributed by atoms with Crippen LogP contribution in [0.3, 0.4) is 0 Å². The summed E-state index contributed by atoms with van der Waals surface area (Å²) < 4.78 is 53.3. The maximum atomic E-state index is 13.5. The summed E-state index contributed by atoms with van der Waals surface area (Å²) in [6, 6.07) is 2.28. The topological polar surface area (TPSA) is 60.9 Å². The molecule has 2 aliphatic rings. The summed E-state index contributed by atoms with van der Waals surface area (Å²) in [5, 5.41) is 0. The Kier molecular flexibility index (Phi) is 6.60. The van der Waals surface area contributed by atoms with E-state index in [4.69, 9.17) is 0 Å². The number of nitrogens with zero attached hydrogens (tertiary/aromatic N) is 3. The zero-order valence-corrected chi connectivity index (χ0v) is 18.0. The molecule has 2 fully saturated rings. The molecule has 29 heavy (non-hydrogen) atoms. The standard InChI is InChI=1S/C20H29F2N3O3S/c1-14-10-15(2)13-24(12-14)20(26)16(3)23-6-8-25(9-7-23)29(27,28)17-4-5-18(21)19(22)11-17/h4-5,11,14-16H,6-10,12-13H2,1-3H3/t14-,15+,16-/m1/s1. The van der Waals surface area contributed by atoms with Crippen LogP contribution in [0.15, 0.2) is 23.1 Å². The number of halogens is 2. The molecular formula is C20H29F2N3O3S. The van der Waals surface area contributed by atoms with Crippen molar-refractivity contribution in [2.24, 2.45) is 11.8 Å². The molecule has 162 valence electrons. The maximum Gasteiger partial charge on any atom is 0.243 e. The lowest BCUT2D eigenvalue weighted by Gasteiger charge is -2.41. The van der Waals surface area contributed by atoms with Gasteiger partial charge in [0.05, 0.1) is 10.9 Å². The van der Waals surface area contributed by atoms with Gasteiger partial charge in [-0.25, -0.2) is 17.2 Å². The van der Waals surface area contributed by atoms with E-state index in [0.29, 0.717) is 31.0 Å². The normalized spacial score (nSPS) is 25.8. The van der Waals surface area contributed by atoms with E-state index in [9.17, 15) is 22.0 Å². The van der Waals surface area contributed by atoms with Gasteiger partial charge in [0.1, 0.15) is 0 Å². The number of piperazine rings is 1. The second-order valence-electron chi connectivity index (χ2n) is 8.38. The van der Waals surface area contributed by atoms with Crippen LogP contribution in [0.25, 0.3) is 0 Å². The van der Waals surface area contributed by atoms with Crippen LogP contribution >= 0.6 is 0 Å². The summed E-state index contributed by atoms with van der Waals surface area (Å²) >= 11 is 0. The first-order chi connectivity index (χ1) is 13.6. The number of hydrogen-bond donors (Lipinski definition) is 0. The number of piperidine rings is 1. The fourth-order valence-electron chi connectivity index (χ4n) is 4.38. The van der Waals surface area contributed by atoms with Crippen LogP contribution in [0.2, 0.25) is 0 Å². The van der Waals surface area contributed by atoms with Crippen molar-refractivity contribution >= 4 is 15.9 Å². The van der Waals surface area contributed by atoms with Crippen molar-refractivity contribution in [3.05, 3.63) is 29.8 Å². The highest BCUT2D eigenvalue weighted by Crippen LogP contribution is 2.24. The Morgan fingerprint density at radius 2 is 1.62 bits per heavy atom. The van der Waals surface area contributed by atoms with E-state index >= 15 is 0 Å². The second-order valence-corrected chi connectivity index (χ2v) is 10.3. The largest absolute Gasteiger partial charge is 0.341 e. The molecule has 9 heteroatoms. The third-order valence-corrected chi connectivity index (χ3v) is 7.78. The first-order valence-corrected chi connectivity index (χ1v) is 11.5. The summed E-state index contributed by atoms with van der Waals surface area (Å²) in [6.07, 6.45) is 1.12. The van der Waals surface area contributed by atoms with Gasteiger partial charge in [-0.2, -0.15) is 4.31 Å². The molecule has 0 spiro atoms. The highest BCUT2D eigenvalue weighted by Gasteiger charge is 2.35. The van der Waals surface area contributed by atoms with Crippen molar-refractivity contribution in [1.29, 1.82) is 0 Å². The molecule has 0 radical (unpaired) electrons. The minimum absolute atomic E-state index is 0.0836. The minimum Gasteiger partial charge on any atom is -0.341 e. The van der Waals surface area contributed by atoms with Gasteiger partial charge in [0.15, 0.2) is 11.6 Å². The van der Waals surface area contributed by atoms with Crippen molar-refractivity contribution in [3.63, 3.8) is 0 Å². The summed E-state index contributed by atoms with van der Waals surface area (Å²) in [5.41, 5.74) is 0. The number of rotatable bonds is 4. The Balaban J connectivity index is 1.62. The van der Waals surface area contributed by atoms with Gasteiger partial charge in [-0.3, -0.25) is 9.69 Å². The smallest absolute Gasteiger partial charge is 0.243 e. The van der Waals surface area contributed by atoms with Crippen LogP contribution in [0, 0.1) is 23.5 Å². The van der Waals surface area contributed by atoms with Crippen LogP contribution in [-0.2, 0) is 14.8 Å². The lowest BCUT2D eigenvalue weighted by molar-refractivity contribution is -0.139. The van der Waals surface area contributed by atoms with Crippen LogP contribution < -0.4 is 0 Å². The fourth-order valence-corrected chi connectivity index (χ4v) is 5.82. The van der Waals surface area contributed by atoms with Gasteiger partial charge in [-0.15, -0.1) is 0 Å². The van der Waals surface area contributed by atoms with Crippen molar-refractivity contribution in [3.8, 4) is 0 Å². The average molecular weight is 430 g/mol. The predicted octanol–water partition coefficient (Wildman–Crippen LogP) is 2.16. The van der Waals surface area contributed by atoms with Gasteiger partial charge in [-0.1, -0.05) is 13.8 Å². The van der Waals surface area contributed by atoms with E-state index in [-0.39, 0.29) is 29.9 Å². The summed E-state index contributed by atoms with van der Waals surface area (Å²) in [5.74, 6) is -1.22. The van der Waals surface area contributed by atoms with Crippen LogP contribution in [0.4, 0.5) is 8.78 Å². The summed E-state index contributed by atoms with van der Waals surface area (Å²) in [4.78, 5) is 16.6. The lowest BCUT2D eigenvalue weighted by atomic mass is 9.91. The van der Waals surface area contributed by atoms with Gasteiger partial charge in [0.25, 0.3) is 0 Å². The molecule has 0 N–H and O–H groups in total. The van der Waals surface area contributed by atoms with Gasteiger partial charge in [0, 0.05) is 39.3 Å². The van der Waals surface area contributed by atoms with E-state index in [1.54, 1.807) is 0 Å². The number of sulfonamides is 1. The molecule has 2 aliphatic heterocycles. The highest BCUT2D eigenvalue weighted by atomic mass is 32.2. The molecule has 1 aromatic carbocycles. The van der Waals surface area contributed by atoms with Gasteiger partial charge in [0.2, 0.25) is 15.9 Å². The third-order valence-electron chi connectivity index (χ3n) is 5.89. The molecule has 6 nitrogen and oxygen atoms in total. The van der Waals surface area contributed by atoms with Crippen molar-refractivity contribution < 1.29 is 22.0 Å². The first kappa shape index (κ1) is 22.1. The van der Waals surface area contributed by atoms with E-state index in [1.807, 2.05) is 16.7 Å². The Morgan fingerprint density at radius 1 is 1.03 bits per heavy atom. The molecule has 1 aromatic rings. The van der Waals surface area contributed by atoms with Crippen molar-refractivity contribution in [1.82, 2.24) is 14.1 Å². The van der Waals surface area contributed by atoms with E-state index < -0.39 is 21.7 Å². The lowest BCUT2D eigenvalue weighted by Crippen LogP contribution is -2.56. The Morgan fingerprint density at radius 3 is 2.17 bits per heavy atom. The van der Waals surface area contributed by atoms with Gasteiger partial charge < -0.3 is 4.90 Å². The van der Waals surface area contributed by atoms with E-state index in [2.05, 4.69) is 13.8 Å². The molecule has 2 heterocycles. The zero-order chi connectivity index (χ0) is 21.3. The predicted molar refractivity (Wildman–Crippen MR) is 106 cm³/mol. The highest BCUT2D eigenvalue weighted by molar-refractivity contribution is 7.89. The molecular weight excluding hydrogens is 400 g/mol. The number of hydrogen-bond acceptors (Lipinski definition) is 4. The maximum absolute atomic E-state index is 13.5. The number of carbonyl (C=O) groups excluding carboxylic acids is 1. The molecule has 0 aliphatic carbocycles. The molecule has 0 aromatic heterocycles. The van der Waals surface area contributed by atoms with Gasteiger partial charge >= 0.3 is 0 Å². The zero-order valence-electron chi connectivity index (χ0n) is 17.1. The number of amides is 1. The van der Waals surface area contributed by atoms with E-state index in [1.165, 1.54) is 4.31 Å². The molecule has 2 saturated heterocycles. The van der Waals surface area contributed by atoms with Crippen LogP contribution in [0.1, 0.15) is 27.2 Å². The SMILES string of the molecule is C[C@@H]1C[C@H](C)CN(C(=O)[C@@H](C)N2CCN(S(=O)(=O)c3ccc(F)c(F)c3)CC2)C1. The minimum atomic E-state index is -3.90. The molecule has 1 amide bonds. The Hall–Kier alpha value is -1.58. The molecule has 0 saturated carbocycles. The number of likely N-dealkylation sites (tertiary alicyclic amines) is 1. The fraction of sp³-hybridized carbons (Fsp3) is 0.650. The number of benzene rings is 1. The Labute approximate surface area is 171 Å². The van der Waals surface area contributed by atoms with E-state index in [0.717, 1.165) is 31.6 Å². The van der Waals surface area contributed by atoms with Gasteiger partial charge in [-0.05, 0) is 43.4 Å². The Bertz CT molecular complexity index is 847. The molecule has 0 bridgehead atoms. The van der Waals surface area contributed by atoms with Crippen LogP contribution in [0.5, 0.6) is 0 Å². The van der Waals surface area contributed by atoms with Crippen molar-refractivity contribution in [2.45, 2.75) is 38.1 Å². The monoisotopic (exact) mass is 429 g/mol. The molecule has 3 rings (SSSR count). The number of carbonyl (C=O) groups is 1. The second kappa shape index (κ2) is 8.65. The quantitative estimate of drug-likeness (QED) is 0.736.